The molecule has 6 nitrogen and oxygen atoms in total. The third-order valence-corrected chi connectivity index (χ3v) is 4.07. The SMILES string of the molecule is O=C(O)c1nc2c(OCCO)cccc2n1CCc1ccc(Cl)cc1. The van der Waals surface area contributed by atoms with Gasteiger partial charge in [0.2, 0.25) is 5.82 Å². The number of benzene rings is 2. The van der Waals surface area contributed by atoms with Gasteiger partial charge in [0, 0.05) is 11.6 Å². The molecule has 1 aromatic heterocycles. The first-order chi connectivity index (χ1) is 12.1. The van der Waals surface area contributed by atoms with Crippen molar-refractivity contribution in [1.29, 1.82) is 0 Å². The Morgan fingerprint density at radius 2 is 1.96 bits per heavy atom. The minimum absolute atomic E-state index is 0.0380. The Kier molecular flexibility index (Phi) is 5.21. The number of aromatic nitrogens is 2. The summed E-state index contributed by atoms with van der Waals surface area (Å²) in [6.45, 7) is 0.460. The largest absolute Gasteiger partial charge is 0.489 e. The molecule has 1 heterocycles. The van der Waals surface area contributed by atoms with E-state index in [1.165, 1.54) is 0 Å². The predicted octanol–water partition coefficient (Wildman–Crippen LogP) is 3.00. The molecular formula is C18H17ClN2O4. The second-order valence-corrected chi connectivity index (χ2v) is 5.90. The van der Waals surface area contributed by atoms with Crippen LogP contribution in [0.25, 0.3) is 11.0 Å². The summed E-state index contributed by atoms with van der Waals surface area (Å²) in [4.78, 5) is 15.8. The number of rotatable bonds is 7. The van der Waals surface area contributed by atoms with Crippen LogP contribution in [0.1, 0.15) is 16.2 Å². The van der Waals surface area contributed by atoms with Gasteiger partial charge in [-0.15, -0.1) is 0 Å². The number of fused-ring (bicyclic) bond motifs is 1. The smallest absolute Gasteiger partial charge is 0.372 e. The zero-order chi connectivity index (χ0) is 17.8. The van der Waals surface area contributed by atoms with Crippen molar-refractivity contribution >= 4 is 28.6 Å². The van der Waals surface area contributed by atoms with Crippen LogP contribution in [0.3, 0.4) is 0 Å². The Labute approximate surface area is 149 Å². The van der Waals surface area contributed by atoms with E-state index in [2.05, 4.69) is 4.98 Å². The Balaban J connectivity index is 1.96. The fourth-order valence-corrected chi connectivity index (χ4v) is 2.80. The number of carboxylic acid groups (broad SMARTS) is 1. The fraction of sp³-hybridized carbons (Fsp3) is 0.222. The van der Waals surface area contributed by atoms with E-state index in [0.29, 0.717) is 34.8 Å². The van der Waals surface area contributed by atoms with Crippen LogP contribution >= 0.6 is 11.6 Å². The third-order valence-electron chi connectivity index (χ3n) is 3.82. The lowest BCUT2D eigenvalue weighted by Crippen LogP contribution is -2.11. The fourth-order valence-electron chi connectivity index (χ4n) is 2.67. The van der Waals surface area contributed by atoms with E-state index in [1.54, 1.807) is 16.7 Å². The number of carboxylic acids is 1. The van der Waals surface area contributed by atoms with E-state index < -0.39 is 5.97 Å². The lowest BCUT2D eigenvalue weighted by Gasteiger charge is -2.08. The molecule has 3 aromatic rings. The standard InChI is InChI=1S/C18H17ClN2O4/c19-13-6-4-12(5-7-13)8-9-21-14-2-1-3-15(25-11-10-22)16(14)20-17(21)18(23)24/h1-7,22H,8-11H2,(H,23,24). The third kappa shape index (κ3) is 3.75. The maximum atomic E-state index is 11.6. The van der Waals surface area contributed by atoms with Crippen LogP contribution in [0.2, 0.25) is 5.02 Å². The number of hydrogen-bond acceptors (Lipinski definition) is 4. The molecule has 0 amide bonds. The first-order valence-electron chi connectivity index (χ1n) is 7.81. The average molecular weight is 361 g/mol. The van der Waals surface area contributed by atoms with Gasteiger partial charge in [0.15, 0.2) is 0 Å². The molecule has 0 saturated heterocycles. The van der Waals surface area contributed by atoms with Gasteiger partial charge in [-0.2, -0.15) is 0 Å². The molecule has 0 aliphatic heterocycles. The van der Waals surface area contributed by atoms with E-state index in [9.17, 15) is 9.90 Å². The number of aliphatic hydroxyl groups is 1. The topological polar surface area (TPSA) is 84.6 Å². The van der Waals surface area contributed by atoms with Crippen molar-refractivity contribution in [3.05, 3.63) is 58.9 Å². The Bertz CT molecular complexity index is 890. The number of hydrogen-bond donors (Lipinski definition) is 2. The summed E-state index contributed by atoms with van der Waals surface area (Å²) < 4.78 is 7.12. The molecule has 7 heteroatoms. The molecule has 0 atom stereocenters. The number of aryl methyl sites for hydroxylation is 2. The molecule has 0 radical (unpaired) electrons. The van der Waals surface area contributed by atoms with Crippen LogP contribution in [-0.2, 0) is 13.0 Å². The van der Waals surface area contributed by atoms with Crippen LogP contribution in [0.15, 0.2) is 42.5 Å². The Hall–Kier alpha value is -2.57. The number of halogens is 1. The highest BCUT2D eigenvalue weighted by atomic mass is 35.5. The Morgan fingerprint density at radius 3 is 2.64 bits per heavy atom. The number of para-hydroxylation sites is 1. The molecule has 0 saturated carbocycles. The highest BCUT2D eigenvalue weighted by molar-refractivity contribution is 6.30. The number of aliphatic hydroxyl groups excluding tert-OH is 1. The molecule has 0 aliphatic rings. The first kappa shape index (κ1) is 17.3. The van der Waals surface area contributed by atoms with E-state index in [4.69, 9.17) is 21.4 Å². The molecule has 25 heavy (non-hydrogen) atoms. The summed E-state index contributed by atoms with van der Waals surface area (Å²) >= 11 is 5.89. The van der Waals surface area contributed by atoms with Gasteiger partial charge in [-0.25, -0.2) is 9.78 Å². The maximum absolute atomic E-state index is 11.6. The predicted molar refractivity (Wildman–Crippen MR) is 94.4 cm³/mol. The number of aromatic carboxylic acids is 1. The quantitative estimate of drug-likeness (QED) is 0.676. The van der Waals surface area contributed by atoms with Crippen LogP contribution < -0.4 is 4.74 Å². The monoisotopic (exact) mass is 360 g/mol. The summed E-state index contributed by atoms with van der Waals surface area (Å²) in [5, 5.41) is 19.1. The number of carbonyl (C=O) groups is 1. The van der Waals surface area contributed by atoms with E-state index in [0.717, 1.165) is 5.56 Å². The minimum atomic E-state index is -1.10. The highest BCUT2D eigenvalue weighted by Crippen LogP contribution is 2.26. The molecule has 0 bridgehead atoms. The van der Waals surface area contributed by atoms with Crippen molar-refractivity contribution in [2.24, 2.45) is 0 Å². The van der Waals surface area contributed by atoms with Gasteiger partial charge in [0.25, 0.3) is 0 Å². The molecule has 0 aliphatic carbocycles. The normalized spacial score (nSPS) is 11.0. The molecule has 0 fully saturated rings. The van der Waals surface area contributed by atoms with Crippen LogP contribution in [-0.4, -0.2) is 38.9 Å². The van der Waals surface area contributed by atoms with Crippen molar-refractivity contribution in [3.8, 4) is 5.75 Å². The second kappa shape index (κ2) is 7.55. The summed E-state index contributed by atoms with van der Waals surface area (Å²) in [5.41, 5.74) is 2.21. The van der Waals surface area contributed by atoms with Gasteiger partial charge in [0.05, 0.1) is 12.1 Å². The van der Waals surface area contributed by atoms with Gasteiger partial charge in [-0.3, -0.25) is 0 Å². The maximum Gasteiger partial charge on any atom is 0.372 e. The van der Waals surface area contributed by atoms with Gasteiger partial charge < -0.3 is 19.5 Å². The first-order valence-corrected chi connectivity index (χ1v) is 8.18. The second-order valence-electron chi connectivity index (χ2n) is 5.46. The Morgan fingerprint density at radius 1 is 1.20 bits per heavy atom. The zero-order valence-electron chi connectivity index (χ0n) is 13.4. The molecule has 0 spiro atoms. The van der Waals surface area contributed by atoms with Gasteiger partial charge >= 0.3 is 5.97 Å². The van der Waals surface area contributed by atoms with Crippen LogP contribution in [0.4, 0.5) is 0 Å². The van der Waals surface area contributed by atoms with Crippen molar-refractivity contribution in [2.45, 2.75) is 13.0 Å². The van der Waals surface area contributed by atoms with Gasteiger partial charge in [-0.05, 0) is 36.2 Å². The molecule has 130 valence electrons. The lowest BCUT2D eigenvalue weighted by atomic mass is 10.1. The van der Waals surface area contributed by atoms with Crippen molar-refractivity contribution < 1.29 is 19.7 Å². The van der Waals surface area contributed by atoms with Crippen molar-refractivity contribution in [1.82, 2.24) is 9.55 Å². The molecule has 2 aromatic carbocycles. The van der Waals surface area contributed by atoms with Crippen LogP contribution in [0, 0.1) is 0 Å². The number of ether oxygens (including phenoxy) is 1. The van der Waals surface area contributed by atoms with Crippen LogP contribution in [0.5, 0.6) is 5.75 Å². The summed E-state index contributed by atoms with van der Waals surface area (Å²) in [6, 6.07) is 12.7. The van der Waals surface area contributed by atoms with E-state index >= 15 is 0 Å². The van der Waals surface area contributed by atoms with Gasteiger partial charge in [0.1, 0.15) is 17.9 Å². The zero-order valence-corrected chi connectivity index (χ0v) is 14.1. The van der Waals surface area contributed by atoms with E-state index in [1.807, 2.05) is 30.3 Å². The van der Waals surface area contributed by atoms with Crippen molar-refractivity contribution in [2.75, 3.05) is 13.2 Å². The highest BCUT2D eigenvalue weighted by Gasteiger charge is 2.19. The lowest BCUT2D eigenvalue weighted by molar-refractivity contribution is 0.0678. The summed E-state index contributed by atoms with van der Waals surface area (Å²) in [7, 11) is 0. The minimum Gasteiger partial charge on any atom is -0.489 e. The number of imidazole rings is 1. The molecular weight excluding hydrogens is 344 g/mol. The molecule has 3 rings (SSSR count). The average Bonchev–Trinajstić information content (AvgIpc) is 2.99. The van der Waals surface area contributed by atoms with Gasteiger partial charge in [-0.1, -0.05) is 29.8 Å². The molecule has 2 N–H and O–H groups in total. The molecule has 0 unspecified atom stereocenters. The van der Waals surface area contributed by atoms with Crippen molar-refractivity contribution in [3.63, 3.8) is 0 Å². The summed E-state index contributed by atoms with van der Waals surface area (Å²) in [5.74, 6) is -0.677. The van der Waals surface area contributed by atoms with E-state index in [-0.39, 0.29) is 19.0 Å². The number of nitrogens with zero attached hydrogens (tertiary/aromatic N) is 2. The summed E-state index contributed by atoms with van der Waals surface area (Å²) in [6.07, 6.45) is 0.643.